The van der Waals surface area contributed by atoms with Crippen molar-refractivity contribution in [3.8, 4) is 23.1 Å². The van der Waals surface area contributed by atoms with Gasteiger partial charge in [0, 0.05) is 5.56 Å². The van der Waals surface area contributed by atoms with Gasteiger partial charge in [-0.3, -0.25) is 14.2 Å². The molecule has 1 aliphatic rings. The number of nitrogens with two attached hydrogens (primary N) is 1. The molecule has 1 heterocycles. The number of ether oxygens (including phenoxy) is 1. The minimum Gasteiger partial charge on any atom is -0.493 e. The van der Waals surface area contributed by atoms with E-state index in [1.54, 1.807) is 62.4 Å². The molecule has 3 aromatic carbocycles. The molecule has 0 bridgehead atoms. The Morgan fingerprint density at radius 3 is 2.44 bits per heavy atom. The van der Waals surface area contributed by atoms with Crippen molar-refractivity contribution < 1.29 is 23.1 Å². The number of nitrogens with zero attached hydrogens (tertiary/aromatic N) is 3. The van der Waals surface area contributed by atoms with Gasteiger partial charge in [0.2, 0.25) is 21.6 Å². The van der Waals surface area contributed by atoms with Crippen LogP contribution in [0, 0.1) is 17.2 Å². The molecule has 0 spiro atoms. The van der Waals surface area contributed by atoms with Gasteiger partial charge in [-0.2, -0.15) is 10.2 Å². The Morgan fingerprint density at radius 2 is 1.81 bits per heavy atom. The SMILES string of the molecule is CC(C)OCc1nc(=O)c(S(=O)(=O)c2ccc(-c3ccccc3C(N)=O)cc2)c(O)n1C(c1cccc(C#N)c1)C1CC1. The zero-order chi connectivity index (χ0) is 30.9. The summed E-state index contributed by atoms with van der Waals surface area (Å²) in [4.78, 5) is 28.2. The minimum atomic E-state index is -4.56. The largest absolute Gasteiger partial charge is 0.493 e. The van der Waals surface area contributed by atoms with Crippen molar-refractivity contribution in [3.63, 3.8) is 0 Å². The van der Waals surface area contributed by atoms with Crippen molar-refractivity contribution in [1.82, 2.24) is 9.55 Å². The second kappa shape index (κ2) is 11.8. The van der Waals surface area contributed by atoms with E-state index >= 15 is 0 Å². The maximum atomic E-state index is 13.9. The number of amides is 1. The molecule has 0 aliphatic heterocycles. The summed E-state index contributed by atoms with van der Waals surface area (Å²) in [6, 6.07) is 20.6. The molecule has 5 rings (SSSR count). The average Bonchev–Trinajstić information content (AvgIpc) is 3.83. The first kappa shape index (κ1) is 29.7. The molecule has 1 aliphatic carbocycles. The lowest BCUT2D eigenvalue weighted by Gasteiger charge is -2.26. The second-order valence-corrected chi connectivity index (χ2v) is 12.6. The number of rotatable bonds is 10. The molecule has 0 saturated heterocycles. The summed E-state index contributed by atoms with van der Waals surface area (Å²) < 4.78 is 34.9. The highest BCUT2D eigenvalue weighted by molar-refractivity contribution is 7.91. The maximum Gasteiger partial charge on any atom is 0.296 e. The van der Waals surface area contributed by atoms with E-state index in [9.17, 15) is 28.4 Å². The smallest absolute Gasteiger partial charge is 0.296 e. The molecule has 11 heteroatoms. The zero-order valence-corrected chi connectivity index (χ0v) is 24.4. The second-order valence-electron chi connectivity index (χ2n) is 10.7. The van der Waals surface area contributed by atoms with Crippen LogP contribution >= 0.6 is 0 Å². The van der Waals surface area contributed by atoms with E-state index in [1.165, 1.54) is 28.8 Å². The lowest BCUT2D eigenvalue weighted by molar-refractivity contribution is 0.0568. The van der Waals surface area contributed by atoms with Crippen molar-refractivity contribution >= 4 is 15.7 Å². The molecule has 1 amide bonds. The van der Waals surface area contributed by atoms with E-state index in [4.69, 9.17) is 10.5 Å². The average molecular weight is 599 g/mol. The molecule has 0 radical (unpaired) electrons. The van der Waals surface area contributed by atoms with E-state index < -0.39 is 38.1 Å². The van der Waals surface area contributed by atoms with E-state index in [0.29, 0.717) is 22.3 Å². The van der Waals surface area contributed by atoms with Crippen LogP contribution in [0.5, 0.6) is 5.88 Å². The first-order valence-electron chi connectivity index (χ1n) is 13.7. The minimum absolute atomic E-state index is 0.0158. The summed E-state index contributed by atoms with van der Waals surface area (Å²) in [6.45, 7) is 3.47. The predicted octanol–water partition coefficient (Wildman–Crippen LogP) is 4.34. The maximum absolute atomic E-state index is 13.9. The quantitative estimate of drug-likeness (QED) is 0.272. The highest BCUT2D eigenvalue weighted by Gasteiger charge is 2.39. The Morgan fingerprint density at radius 1 is 1.12 bits per heavy atom. The van der Waals surface area contributed by atoms with Crippen LogP contribution in [0.4, 0.5) is 0 Å². The summed E-state index contributed by atoms with van der Waals surface area (Å²) in [5, 5.41) is 21.1. The van der Waals surface area contributed by atoms with Gasteiger partial charge in [0.1, 0.15) is 12.4 Å². The fourth-order valence-electron chi connectivity index (χ4n) is 5.14. The summed E-state index contributed by atoms with van der Waals surface area (Å²) in [7, 11) is -4.56. The summed E-state index contributed by atoms with van der Waals surface area (Å²) in [6.07, 6.45) is 1.37. The van der Waals surface area contributed by atoms with Gasteiger partial charge in [0.25, 0.3) is 5.56 Å². The molecule has 1 fully saturated rings. The fourth-order valence-corrected chi connectivity index (χ4v) is 6.48. The van der Waals surface area contributed by atoms with Crippen molar-refractivity contribution in [2.45, 2.75) is 55.2 Å². The molecule has 1 atom stereocenters. The van der Waals surface area contributed by atoms with Gasteiger partial charge in [0.05, 0.1) is 28.7 Å². The predicted molar refractivity (Wildman–Crippen MR) is 158 cm³/mol. The van der Waals surface area contributed by atoms with E-state index in [1.807, 2.05) is 0 Å². The topological polar surface area (TPSA) is 165 Å². The highest BCUT2D eigenvalue weighted by atomic mass is 32.2. The van der Waals surface area contributed by atoms with Crippen molar-refractivity contribution in [2.75, 3.05) is 0 Å². The van der Waals surface area contributed by atoms with Crippen LogP contribution in [0.25, 0.3) is 11.1 Å². The van der Waals surface area contributed by atoms with Crippen molar-refractivity contribution in [2.24, 2.45) is 11.7 Å². The Balaban J connectivity index is 1.66. The third-order valence-electron chi connectivity index (χ3n) is 7.32. The van der Waals surface area contributed by atoms with Crippen LogP contribution in [0.15, 0.2) is 87.4 Å². The van der Waals surface area contributed by atoms with Gasteiger partial charge in [0.15, 0.2) is 4.90 Å². The molecule has 10 nitrogen and oxygen atoms in total. The number of benzene rings is 3. The molecular weight excluding hydrogens is 568 g/mol. The standard InChI is InChI=1S/C32H30N4O6S/c1-19(2)42-18-27-35-31(38)29(32(39)36(27)28(22-10-11-22)23-7-5-6-20(16-23)17-33)43(40,41)24-14-12-21(13-15-24)25-8-3-4-9-26(25)30(34)37/h3-9,12-16,19,22,28,39H,10-11,18H2,1-2H3,(H2,34,37). The Kier molecular flexibility index (Phi) is 8.17. The third kappa shape index (κ3) is 5.93. The van der Waals surface area contributed by atoms with Crippen LogP contribution in [0.2, 0.25) is 0 Å². The number of carbonyl (C=O) groups is 1. The molecule has 3 N–H and O–H groups in total. The number of hydrogen-bond donors (Lipinski definition) is 2. The first-order valence-corrected chi connectivity index (χ1v) is 15.2. The van der Waals surface area contributed by atoms with Gasteiger partial charge >= 0.3 is 0 Å². The molecular formula is C32H30N4O6S. The lowest BCUT2D eigenvalue weighted by Crippen LogP contribution is -2.29. The third-order valence-corrected chi connectivity index (χ3v) is 9.11. The number of aromatic nitrogens is 2. The number of aromatic hydroxyl groups is 1. The summed E-state index contributed by atoms with van der Waals surface area (Å²) >= 11 is 0. The van der Waals surface area contributed by atoms with Gasteiger partial charge in [-0.25, -0.2) is 8.42 Å². The molecule has 1 unspecified atom stereocenters. The van der Waals surface area contributed by atoms with E-state index in [0.717, 1.165) is 12.8 Å². The lowest BCUT2D eigenvalue weighted by atomic mass is 9.99. The number of nitriles is 1. The Labute approximate surface area is 248 Å². The zero-order valence-electron chi connectivity index (χ0n) is 23.6. The first-order chi connectivity index (χ1) is 20.5. The molecule has 4 aromatic rings. The molecule has 43 heavy (non-hydrogen) atoms. The number of carbonyl (C=O) groups excluding carboxylic acids is 1. The fraction of sp³-hybridized carbons (Fsp3) is 0.250. The van der Waals surface area contributed by atoms with Gasteiger partial charge in [-0.05, 0) is 79.6 Å². The van der Waals surface area contributed by atoms with Gasteiger partial charge < -0.3 is 15.6 Å². The Hall–Kier alpha value is -4.79. The molecule has 1 saturated carbocycles. The van der Waals surface area contributed by atoms with Crippen molar-refractivity contribution in [1.29, 1.82) is 5.26 Å². The summed E-state index contributed by atoms with van der Waals surface area (Å²) in [5.74, 6) is -1.28. The number of primary amides is 1. The highest BCUT2D eigenvalue weighted by Crippen LogP contribution is 2.46. The van der Waals surface area contributed by atoms with Gasteiger partial charge in [-0.1, -0.05) is 42.5 Å². The van der Waals surface area contributed by atoms with Crippen LogP contribution in [-0.2, 0) is 21.2 Å². The number of hydrogen-bond acceptors (Lipinski definition) is 8. The van der Waals surface area contributed by atoms with E-state index in [-0.39, 0.29) is 34.9 Å². The van der Waals surface area contributed by atoms with E-state index in [2.05, 4.69) is 11.1 Å². The van der Waals surface area contributed by atoms with Crippen LogP contribution in [0.3, 0.4) is 0 Å². The normalized spacial score (nSPS) is 13.9. The van der Waals surface area contributed by atoms with Crippen LogP contribution in [-0.4, -0.2) is 35.1 Å². The summed E-state index contributed by atoms with van der Waals surface area (Å²) in [5.41, 5.74) is 6.80. The van der Waals surface area contributed by atoms with Gasteiger partial charge in [-0.15, -0.1) is 0 Å². The molecule has 1 aromatic heterocycles. The number of sulfone groups is 1. The Bertz CT molecular complexity index is 1910. The molecule has 220 valence electrons. The van der Waals surface area contributed by atoms with Crippen LogP contribution in [0.1, 0.15) is 60.0 Å². The van der Waals surface area contributed by atoms with Crippen molar-refractivity contribution in [3.05, 3.63) is 106 Å². The monoisotopic (exact) mass is 598 g/mol. The van der Waals surface area contributed by atoms with Crippen LogP contribution < -0.4 is 11.3 Å².